The lowest BCUT2D eigenvalue weighted by molar-refractivity contribution is -0.148. The van der Waals surface area contributed by atoms with Gasteiger partial charge in [-0.3, -0.25) is 38.5 Å². The maximum absolute atomic E-state index is 14.9. The highest BCUT2D eigenvalue weighted by Gasteiger charge is 2.40. The summed E-state index contributed by atoms with van der Waals surface area (Å²) in [4.78, 5) is 143. The van der Waals surface area contributed by atoms with E-state index in [1.54, 1.807) is 60.8 Å². The van der Waals surface area contributed by atoms with Crippen molar-refractivity contribution in [3.63, 3.8) is 0 Å². The Morgan fingerprint density at radius 3 is 1.92 bits per heavy atom. The number of Topliss-reactive ketones (excluding diaryl/α,β-unsaturated/α-hetero) is 3. The summed E-state index contributed by atoms with van der Waals surface area (Å²) in [6.07, 6.45) is 4.59. The number of ether oxygens (including phenoxy) is 7. The molecule has 4 aromatic carbocycles. The third-order valence-electron chi connectivity index (χ3n) is 21.6. The predicted octanol–water partition coefficient (Wildman–Crippen LogP) is 11.8. The summed E-state index contributed by atoms with van der Waals surface area (Å²) >= 11 is 1.31. The molecule has 636 valence electrons. The Bertz CT molecular complexity index is 3890. The van der Waals surface area contributed by atoms with Gasteiger partial charge in [-0.25, -0.2) is 19.4 Å². The summed E-state index contributed by atoms with van der Waals surface area (Å²) in [5.41, 5.74) is 11.9. The number of phenols is 1. The lowest BCUT2D eigenvalue weighted by Crippen LogP contribution is -2.50. The molecule has 8 N–H and O–H groups in total. The number of fused-ring (bicyclic) bond motifs is 3. The van der Waals surface area contributed by atoms with Gasteiger partial charge in [0.1, 0.15) is 42.4 Å². The number of esters is 1. The van der Waals surface area contributed by atoms with E-state index in [0.29, 0.717) is 48.5 Å². The minimum absolute atomic E-state index is 0.00236. The SMILES string of the molecule is CCCO[C@H](C[C@H](C(C)C)N(CCC)C(=O)[C@@H](CC(=O)[C@H]1CCCCN1C)[C@@H](C)CC)c1nc(C(=O)N[C@@H](Cc2ccc(O)cc2)C[C@H](C)C(=O)CNC(=O)OCCOCCOCCOCCNC(=O)OCc2ccc(CC(=O)[C@H](CCCNC(N)=O)NC(=O)[C@@H](CC(=O)OCC3c4ccccc4-c4ccccc43)C(C)C)cc2)cs1. The Kier molecular flexibility index (Phi) is 40.3. The number of ketones is 3. The molecule has 1 aliphatic heterocycles. The molecule has 27 nitrogen and oxygen atoms in total. The molecule has 1 fully saturated rings. The number of piperidine rings is 1. The van der Waals surface area contributed by atoms with Gasteiger partial charge in [0.2, 0.25) is 11.8 Å². The number of aromatic hydroxyl groups is 1. The third-order valence-corrected chi connectivity index (χ3v) is 22.5. The van der Waals surface area contributed by atoms with Crippen molar-refractivity contribution < 1.29 is 86.2 Å². The van der Waals surface area contributed by atoms with Crippen LogP contribution >= 0.6 is 11.3 Å². The molecule has 1 saturated heterocycles. The molecule has 28 heteroatoms. The van der Waals surface area contributed by atoms with E-state index < -0.39 is 71.9 Å². The van der Waals surface area contributed by atoms with Crippen LogP contribution < -0.4 is 32.3 Å². The lowest BCUT2D eigenvalue weighted by atomic mass is 9.82. The molecule has 5 aromatic rings. The van der Waals surface area contributed by atoms with Gasteiger partial charge in [0.05, 0.1) is 70.6 Å². The maximum Gasteiger partial charge on any atom is 0.407 e. The Labute approximate surface area is 688 Å². The van der Waals surface area contributed by atoms with E-state index in [-0.39, 0.29) is 182 Å². The fourth-order valence-corrected chi connectivity index (χ4v) is 15.6. The van der Waals surface area contributed by atoms with Gasteiger partial charge in [-0.2, -0.15) is 0 Å². The van der Waals surface area contributed by atoms with Gasteiger partial charge in [-0.1, -0.05) is 160 Å². The number of urea groups is 1. The first-order valence-electron chi connectivity index (χ1n) is 41.3. The molecule has 0 radical (unpaired) electrons. The molecule has 1 aromatic heterocycles. The summed E-state index contributed by atoms with van der Waals surface area (Å²) in [6.45, 7) is 20.8. The van der Waals surface area contributed by atoms with Gasteiger partial charge < -0.3 is 75.5 Å². The monoisotopic (exact) mass is 1630 g/mol. The number of carbonyl (C=O) groups is 10. The average Bonchev–Trinajstić information content (AvgIpc) is 1.61. The topological polar surface area (TPSA) is 361 Å². The average molecular weight is 1630 g/mol. The van der Waals surface area contributed by atoms with Crippen molar-refractivity contribution in [2.75, 3.05) is 99.2 Å². The van der Waals surface area contributed by atoms with Crippen LogP contribution in [0.1, 0.15) is 195 Å². The summed E-state index contributed by atoms with van der Waals surface area (Å²) in [5, 5.41) is 26.0. The molecule has 0 saturated carbocycles. The van der Waals surface area contributed by atoms with E-state index in [2.05, 4.69) is 78.2 Å². The largest absolute Gasteiger partial charge is 0.508 e. The second-order valence-electron chi connectivity index (χ2n) is 31.1. The Hall–Kier alpha value is -9.19. The van der Waals surface area contributed by atoms with E-state index in [1.165, 1.54) is 11.3 Å². The number of likely N-dealkylation sites (tertiary alicyclic amines) is 1. The number of alkyl carbamates (subject to hydrolysis) is 2. The number of nitrogens with two attached hydrogens (primary N) is 1. The van der Waals surface area contributed by atoms with Gasteiger partial charge >= 0.3 is 24.2 Å². The van der Waals surface area contributed by atoms with Crippen molar-refractivity contribution in [2.24, 2.45) is 41.2 Å². The first kappa shape index (κ1) is 94.0. The van der Waals surface area contributed by atoms with E-state index in [1.807, 2.05) is 69.1 Å². The molecule has 2 aliphatic rings. The fraction of sp³-hybridized carbons (Fsp3) is 0.580. The van der Waals surface area contributed by atoms with Crippen LogP contribution in [0.4, 0.5) is 14.4 Å². The number of likely N-dealkylation sites (N-methyl/N-ethyl adjacent to an activating group) is 1. The fourth-order valence-electron chi connectivity index (χ4n) is 14.7. The Morgan fingerprint density at radius 2 is 1.29 bits per heavy atom. The van der Waals surface area contributed by atoms with Crippen LogP contribution in [-0.2, 0) is 81.4 Å². The van der Waals surface area contributed by atoms with Crippen LogP contribution in [0.3, 0.4) is 0 Å². The van der Waals surface area contributed by atoms with Crippen LogP contribution in [0.5, 0.6) is 5.75 Å². The molecule has 2 heterocycles. The molecule has 0 spiro atoms. The van der Waals surface area contributed by atoms with Crippen molar-refractivity contribution in [1.29, 1.82) is 0 Å². The number of primary amides is 1. The van der Waals surface area contributed by atoms with Crippen LogP contribution in [0.25, 0.3) is 11.1 Å². The van der Waals surface area contributed by atoms with Crippen LogP contribution in [0.15, 0.2) is 102 Å². The second kappa shape index (κ2) is 49.8. The third kappa shape index (κ3) is 30.7. The number of carbonyl (C=O) groups excluding carboxylic acids is 10. The van der Waals surface area contributed by atoms with E-state index in [4.69, 9.17) is 43.9 Å². The number of amides is 7. The van der Waals surface area contributed by atoms with Crippen molar-refractivity contribution in [2.45, 2.75) is 195 Å². The zero-order valence-corrected chi connectivity index (χ0v) is 70.3. The number of hydrogen-bond acceptors (Lipinski definition) is 21. The van der Waals surface area contributed by atoms with Crippen molar-refractivity contribution in [1.82, 2.24) is 41.4 Å². The number of hydrogen-bond donors (Lipinski definition) is 7. The van der Waals surface area contributed by atoms with Gasteiger partial charge in [-0.05, 0) is 134 Å². The summed E-state index contributed by atoms with van der Waals surface area (Å²) in [7, 11) is 2.00. The number of nitrogens with zero attached hydrogens (tertiary/aromatic N) is 3. The minimum Gasteiger partial charge on any atom is -0.508 e. The molecular formula is C88H125N9O18S. The molecule has 7 amide bonds. The molecule has 116 heavy (non-hydrogen) atoms. The first-order chi connectivity index (χ1) is 55.8. The van der Waals surface area contributed by atoms with Gasteiger partial charge in [0.25, 0.3) is 5.91 Å². The number of phenolic OH excluding ortho intramolecular Hbond substituents is 1. The molecule has 0 unspecified atom stereocenters. The van der Waals surface area contributed by atoms with Crippen molar-refractivity contribution in [3.05, 3.63) is 141 Å². The summed E-state index contributed by atoms with van der Waals surface area (Å²) < 4.78 is 39.7. The molecule has 9 atom stereocenters. The number of thiazole rings is 1. The maximum atomic E-state index is 14.9. The van der Waals surface area contributed by atoms with Crippen molar-refractivity contribution in [3.8, 4) is 16.9 Å². The van der Waals surface area contributed by atoms with E-state index in [9.17, 15) is 53.1 Å². The van der Waals surface area contributed by atoms with Crippen LogP contribution in [0.2, 0.25) is 0 Å². The number of benzene rings is 4. The predicted molar refractivity (Wildman–Crippen MR) is 443 cm³/mol. The normalized spacial score (nSPS) is 15.5. The molecule has 1 aliphatic carbocycles. The molecule has 0 bridgehead atoms. The highest BCUT2D eigenvalue weighted by Crippen LogP contribution is 2.45. The summed E-state index contributed by atoms with van der Waals surface area (Å²) in [6, 6.07) is 27.0. The van der Waals surface area contributed by atoms with Crippen molar-refractivity contribution >= 4 is 70.6 Å². The van der Waals surface area contributed by atoms with Gasteiger partial charge in [-0.15, -0.1) is 11.3 Å². The number of nitrogens with one attached hydrogen (secondary N) is 5. The van der Waals surface area contributed by atoms with E-state index in [0.717, 1.165) is 72.9 Å². The zero-order valence-electron chi connectivity index (χ0n) is 69.5. The van der Waals surface area contributed by atoms with Crippen LogP contribution in [-0.4, -0.2) is 203 Å². The zero-order chi connectivity index (χ0) is 84.1. The van der Waals surface area contributed by atoms with Gasteiger partial charge in [0, 0.05) is 80.7 Å². The van der Waals surface area contributed by atoms with Crippen LogP contribution in [0, 0.1) is 35.5 Å². The Morgan fingerprint density at radius 1 is 0.655 bits per heavy atom. The lowest BCUT2D eigenvalue weighted by Gasteiger charge is -2.40. The highest BCUT2D eigenvalue weighted by molar-refractivity contribution is 7.09. The number of aromatic nitrogens is 1. The highest BCUT2D eigenvalue weighted by atomic mass is 32.1. The minimum atomic E-state index is -0.933. The quantitative estimate of drug-likeness (QED) is 0.0108. The molecular weight excluding hydrogens is 1500 g/mol. The summed E-state index contributed by atoms with van der Waals surface area (Å²) in [5.74, 6) is -4.03. The van der Waals surface area contributed by atoms with Gasteiger partial charge in [0.15, 0.2) is 17.3 Å². The standard InChI is InChI=1S/C88H125N9O18S/c1-11-37-97(85(105)71(59(8)13-3)50-78(100)75-26-18-19-38-96(75)10)76(58(6)7)52-80(112-39-12-2)84-95-74(56-116-84)83(104)93-64(48-61-31-33-65(98)34-32-61)47-60(9)79(101)53-92-88(108)113-46-45-111-44-43-110-42-41-109-40-36-91-87(107)115-54-63-29-27-62(28-30-63)49-77(99)73(25-20-35-90-86(89)106)94-82(103)70(57(4)5)51-81(102)114-55-72-68-23-16-14-21-66(68)67-22-15-17-24-69(67)72/h14-17,21-24,27-34,56-60,64,70-73,75-76,80,98H,11-13,18-20,25-26,35-55H2,1-10H3,(H,91,107)(H,92,108)(H,93,104)(H,94,103)(H3,89,90,106)/t59-,60-,64+,70-,71-,73-,75+,76+,80+/m0/s1. The number of rotatable bonds is 53. The first-order valence-corrected chi connectivity index (χ1v) is 42.2. The Balaban J connectivity index is 0.761. The van der Waals surface area contributed by atoms with E-state index >= 15 is 0 Å². The smallest absolute Gasteiger partial charge is 0.407 e. The second-order valence-corrected chi connectivity index (χ2v) is 31.9. The molecule has 7 rings (SSSR count).